The van der Waals surface area contributed by atoms with Crippen LogP contribution < -0.4 is 9.47 Å². The summed E-state index contributed by atoms with van der Waals surface area (Å²) in [7, 11) is 1.55. The van der Waals surface area contributed by atoms with Crippen molar-refractivity contribution in [2.75, 3.05) is 7.11 Å². The van der Waals surface area contributed by atoms with Gasteiger partial charge in [0.25, 0.3) is 0 Å². The molecule has 0 N–H and O–H groups in total. The SMILES string of the molecule is COc1ccc2c(C(=S)Oc3ccc(F)cc3)c3ccccc3nc2c1Cl. The molecule has 0 aliphatic rings. The molecular weight excluding hydrogens is 385 g/mol. The van der Waals surface area contributed by atoms with Crippen LogP contribution in [0.2, 0.25) is 5.02 Å². The zero-order chi connectivity index (χ0) is 19.0. The summed E-state index contributed by atoms with van der Waals surface area (Å²) < 4.78 is 24.3. The van der Waals surface area contributed by atoms with Crippen molar-refractivity contribution in [3.63, 3.8) is 0 Å². The van der Waals surface area contributed by atoms with Crippen molar-refractivity contribution in [3.05, 3.63) is 77.1 Å². The van der Waals surface area contributed by atoms with Crippen LogP contribution in [0.4, 0.5) is 4.39 Å². The smallest absolute Gasteiger partial charge is 0.199 e. The largest absolute Gasteiger partial charge is 0.495 e. The molecule has 0 amide bonds. The van der Waals surface area contributed by atoms with Gasteiger partial charge in [0.15, 0.2) is 5.05 Å². The minimum atomic E-state index is -0.341. The van der Waals surface area contributed by atoms with Gasteiger partial charge < -0.3 is 9.47 Å². The fraction of sp³-hybridized carbons (Fsp3) is 0.0476. The van der Waals surface area contributed by atoms with E-state index in [4.69, 9.17) is 33.3 Å². The van der Waals surface area contributed by atoms with Crippen LogP contribution in [0.3, 0.4) is 0 Å². The topological polar surface area (TPSA) is 31.4 Å². The van der Waals surface area contributed by atoms with Crippen molar-refractivity contribution in [1.82, 2.24) is 4.98 Å². The van der Waals surface area contributed by atoms with Gasteiger partial charge in [-0.3, -0.25) is 0 Å². The Bertz CT molecular complexity index is 1180. The van der Waals surface area contributed by atoms with Crippen LogP contribution in [0.25, 0.3) is 21.8 Å². The zero-order valence-electron chi connectivity index (χ0n) is 14.2. The van der Waals surface area contributed by atoms with E-state index in [2.05, 4.69) is 4.98 Å². The third-order valence-corrected chi connectivity index (χ3v) is 4.86. The van der Waals surface area contributed by atoms with Crippen molar-refractivity contribution >= 4 is 50.7 Å². The Morgan fingerprint density at radius 3 is 2.48 bits per heavy atom. The van der Waals surface area contributed by atoms with Gasteiger partial charge in [-0.15, -0.1) is 0 Å². The first-order valence-electron chi connectivity index (χ1n) is 8.11. The lowest BCUT2D eigenvalue weighted by Gasteiger charge is -2.14. The first-order chi connectivity index (χ1) is 13.1. The van der Waals surface area contributed by atoms with Gasteiger partial charge in [0.05, 0.1) is 18.1 Å². The molecule has 3 aromatic carbocycles. The van der Waals surface area contributed by atoms with Gasteiger partial charge in [0.2, 0.25) is 0 Å². The Hall–Kier alpha value is -2.76. The van der Waals surface area contributed by atoms with E-state index in [1.165, 1.54) is 24.3 Å². The number of pyridine rings is 1. The maximum atomic E-state index is 13.2. The highest BCUT2D eigenvalue weighted by Gasteiger charge is 2.18. The van der Waals surface area contributed by atoms with Gasteiger partial charge in [0.1, 0.15) is 22.3 Å². The number of halogens is 2. The Morgan fingerprint density at radius 1 is 1.00 bits per heavy atom. The van der Waals surface area contributed by atoms with Gasteiger partial charge in [-0.05, 0) is 54.7 Å². The van der Waals surface area contributed by atoms with E-state index in [9.17, 15) is 4.39 Å². The van der Waals surface area contributed by atoms with Gasteiger partial charge in [-0.1, -0.05) is 29.8 Å². The predicted octanol–water partition coefficient (Wildman–Crippen LogP) is 5.94. The summed E-state index contributed by atoms with van der Waals surface area (Å²) in [4.78, 5) is 4.67. The number of fused-ring (bicyclic) bond motifs is 2. The highest BCUT2D eigenvalue weighted by atomic mass is 35.5. The van der Waals surface area contributed by atoms with Crippen LogP contribution in [0.1, 0.15) is 5.56 Å². The highest BCUT2D eigenvalue weighted by Crippen LogP contribution is 2.36. The molecule has 0 spiro atoms. The number of rotatable bonds is 3. The fourth-order valence-corrected chi connectivity index (χ4v) is 3.54. The summed E-state index contributed by atoms with van der Waals surface area (Å²) in [5, 5.41) is 2.27. The number of aromatic nitrogens is 1. The fourth-order valence-electron chi connectivity index (χ4n) is 2.94. The molecule has 0 bridgehead atoms. The maximum Gasteiger partial charge on any atom is 0.199 e. The molecule has 0 aliphatic carbocycles. The summed E-state index contributed by atoms with van der Waals surface area (Å²) in [6.07, 6.45) is 0. The monoisotopic (exact) mass is 397 g/mol. The molecule has 0 atom stereocenters. The Kier molecular flexibility index (Phi) is 4.64. The molecule has 3 nitrogen and oxygen atoms in total. The zero-order valence-corrected chi connectivity index (χ0v) is 15.8. The molecule has 4 rings (SSSR count). The summed E-state index contributed by atoms with van der Waals surface area (Å²) >= 11 is 12.1. The standard InChI is InChI=1S/C21H13ClFNO2S/c1-25-17-11-10-15-18(21(27)26-13-8-6-12(23)7-9-13)14-4-2-3-5-16(14)24-20(15)19(17)22/h2-11H,1H3. The number of hydrogen-bond donors (Lipinski definition) is 0. The van der Waals surface area contributed by atoms with Crippen LogP contribution in [0, 0.1) is 5.82 Å². The molecule has 27 heavy (non-hydrogen) atoms. The normalized spacial score (nSPS) is 10.9. The van der Waals surface area contributed by atoms with Crippen LogP contribution in [0.15, 0.2) is 60.7 Å². The van der Waals surface area contributed by atoms with E-state index < -0.39 is 0 Å². The van der Waals surface area contributed by atoms with Gasteiger partial charge in [-0.2, -0.15) is 0 Å². The number of ether oxygens (including phenoxy) is 2. The van der Waals surface area contributed by atoms with Crippen molar-refractivity contribution < 1.29 is 13.9 Å². The Balaban J connectivity index is 1.94. The molecule has 6 heteroatoms. The van der Waals surface area contributed by atoms with Gasteiger partial charge in [0, 0.05) is 16.3 Å². The van der Waals surface area contributed by atoms with Gasteiger partial charge >= 0.3 is 0 Å². The number of hydrogen-bond acceptors (Lipinski definition) is 4. The van der Waals surface area contributed by atoms with Crippen LogP contribution in [-0.4, -0.2) is 17.1 Å². The van der Waals surface area contributed by atoms with E-state index in [0.717, 1.165) is 16.3 Å². The highest BCUT2D eigenvalue weighted by molar-refractivity contribution is 7.80. The number of benzene rings is 3. The Morgan fingerprint density at radius 2 is 1.74 bits per heavy atom. The van der Waals surface area contributed by atoms with E-state index >= 15 is 0 Å². The van der Waals surface area contributed by atoms with Crippen LogP contribution in [0.5, 0.6) is 11.5 Å². The summed E-state index contributed by atoms with van der Waals surface area (Å²) in [5.74, 6) is 0.644. The average Bonchev–Trinajstić information content (AvgIpc) is 2.68. The summed E-state index contributed by atoms with van der Waals surface area (Å²) in [5.41, 5.74) is 2.02. The maximum absolute atomic E-state index is 13.2. The first kappa shape index (κ1) is 17.6. The van der Waals surface area contributed by atoms with Crippen molar-refractivity contribution in [3.8, 4) is 11.5 Å². The van der Waals surface area contributed by atoms with Crippen molar-refractivity contribution in [2.24, 2.45) is 0 Å². The summed E-state index contributed by atoms with van der Waals surface area (Å²) in [6.45, 7) is 0. The van der Waals surface area contributed by atoms with Crippen molar-refractivity contribution in [1.29, 1.82) is 0 Å². The van der Waals surface area contributed by atoms with E-state index in [1.54, 1.807) is 13.2 Å². The third kappa shape index (κ3) is 3.20. The third-order valence-electron chi connectivity index (χ3n) is 4.20. The predicted molar refractivity (Wildman–Crippen MR) is 110 cm³/mol. The second-order valence-corrected chi connectivity index (χ2v) is 6.57. The lowest BCUT2D eigenvalue weighted by Crippen LogP contribution is -2.09. The molecule has 0 aliphatic heterocycles. The molecule has 0 unspecified atom stereocenters. The molecule has 134 valence electrons. The second-order valence-electron chi connectivity index (χ2n) is 5.83. The number of thiocarbonyl (C=S) groups is 1. The van der Waals surface area contributed by atoms with E-state index in [-0.39, 0.29) is 10.9 Å². The van der Waals surface area contributed by atoms with E-state index in [0.29, 0.717) is 27.6 Å². The molecule has 0 radical (unpaired) electrons. The second kappa shape index (κ2) is 7.10. The lowest BCUT2D eigenvalue weighted by atomic mass is 10.0. The number of para-hydroxylation sites is 1. The molecule has 0 fully saturated rings. The molecule has 4 aromatic rings. The molecule has 1 heterocycles. The van der Waals surface area contributed by atoms with Gasteiger partial charge in [-0.25, -0.2) is 9.37 Å². The molecule has 0 saturated carbocycles. The van der Waals surface area contributed by atoms with Crippen LogP contribution >= 0.6 is 23.8 Å². The quantitative estimate of drug-likeness (QED) is 0.316. The van der Waals surface area contributed by atoms with E-state index in [1.807, 2.05) is 30.3 Å². The van der Waals surface area contributed by atoms with Crippen molar-refractivity contribution in [2.45, 2.75) is 0 Å². The molecule has 0 saturated heterocycles. The average molecular weight is 398 g/mol. The number of nitrogens with zero attached hydrogens (tertiary/aromatic N) is 1. The number of methoxy groups -OCH3 is 1. The van der Waals surface area contributed by atoms with Crippen LogP contribution in [-0.2, 0) is 0 Å². The minimum Gasteiger partial charge on any atom is -0.495 e. The molecule has 1 aromatic heterocycles. The first-order valence-corrected chi connectivity index (χ1v) is 8.90. The summed E-state index contributed by atoms with van der Waals surface area (Å²) in [6, 6.07) is 16.9. The lowest BCUT2D eigenvalue weighted by molar-refractivity contribution is 0.415. The Labute approximate surface area is 165 Å². The minimum absolute atomic E-state index is 0.256. The molecular formula is C21H13ClFNO2S.